The molecule has 21 heavy (non-hydrogen) atoms. The highest BCUT2D eigenvalue weighted by molar-refractivity contribution is 7.09. The summed E-state index contributed by atoms with van der Waals surface area (Å²) < 4.78 is 1.82. The summed E-state index contributed by atoms with van der Waals surface area (Å²) in [6.07, 6.45) is 4.06. The Morgan fingerprint density at radius 3 is 2.67 bits per heavy atom. The van der Waals surface area contributed by atoms with E-state index in [0.717, 1.165) is 36.5 Å². The first-order valence-electron chi connectivity index (χ1n) is 6.97. The average Bonchev–Trinajstić information content (AvgIpc) is 3.09. The number of thiazole rings is 1. The predicted molar refractivity (Wildman–Crippen MR) is 80.5 cm³/mol. The van der Waals surface area contributed by atoms with Crippen LogP contribution in [0.15, 0.2) is 23.3 Å². The van der Waals surface area contributed by atoms with Gasteiger partial charge in [0.1, 0.15) is 0 Å². The first kappa shape index (κ1) is 13.9. The molecule has 6 nitrogen and oxygen atoms in total. The van der Waals surface area contributed by atoms with Crippen LogP contribution in [0.1, 0.15) is 23.4 Å². The van der Waals surface area contributed by atoms with E-state index in [4.69, 9.17) is 0 Å². The van der Waals surface area contributed by atoms with Crippen molar-refractivity contribution in [2.75, 3.05) is 13.1 Å². The Morgan fingerprint density at radius 2 is 2.00 bits per heavy atom. The predicted octanol–water partition coefficient (Wildman–Crippen LogP) is 2.06. The number of nitrogens with zero attached hydrogens (tertiary/aromatic N) is 5. The number of carbonyl (C=O) groups is 1. The standard InChI is InChI=1S/C14H17N5OS/c1-10-5-6-12(17-16-10)19-9-11(2)21-14(19)15-13(20)18-7-3-4-8-18/h5-6,9H,3-4,7-8H2,1-2H3/b15-14-. The fourth-order valence-electron chi connectivity index (χ4n) is 2.28. The summed E-state index contributed by atoms with van der Waals surface area (Å²) >= 11 is 1.48. The van der Waals surface area contributed by atoms with Crippen molar-refractivity contribution in [3.05, 3.63) is 33.7 Å². The third-order valence-electron chi connectivity index (χ3n) is 3.37. The number of rotatable bonds is 1. The highest BCUT2D eigenvalue weighted by Gasteiger charge is 2.17. The molecule has 0 bridgehead atoms. The number of hydrogen-bond acceptors (Lipinski definition) is 4. The molecule has 0 saturated carbocycles. The van der Waals surface area contributed by atoms with Crippen molar-refractivity contribution in [3.8, 4) is 5.82 Å². The van der Waals surface area contributed by atoms with E-state index in [1.54, 1.807) is 4.90 Å². The van der Waals surface area contributed by atoms with Crippen LogP contribution in [0.2, 0.25) is 0 Å². The first-order valence-corrected chi connectivity index (χ1v) is 7.78. The fraction of sp³-hybridized carbons (Fsp3) is 0.429. The quantitative estimate of drug-likeness (QED) is 0.810. The Balaban J connectivity index is 1.99. The molecule has 0 radical (unpaired) electrons. The molecule has 0 aliphatic carbocycles. The van der Waals surface area contributed by atoms with Gasteiger partial charge >= 0.3 is 6.03 Å². The highest BCUT2D eigenvalue weighted by atomic mass is 32.1. The number of carbonyl (C=O) groups excluding carboxylic acids is 1. The zero-order chi connectivity index (χ0) is 14.8. The molecule has 2 aromatic rings. The molecule has 2 aromatic heterocycles. The number of urea groups is 1. The van der Waals surface area contributed by atoms with Crippen LogP contribution in [0.3, 0.4) is 0 Å². The summed E-state index contributed by atoms with van der Waals surface area (Å²) in [4.78, 5) is 19.9. The lowest BCUT2D eigenvalue weighted by Gasteiger charge is -2.10. The molecular formula is C14H17N5OS. The molecule has 0 spiro atoms. The van der Waals surface area contributed by atoms with E-state index in [9.17, 15) is 4.79 Å². The average molecular weight is 303 g/mol. The minimum Gasteiger partial charge on any atom is -0.323 e. The third kappa shape index (κ3) is 3.02. The Kier molecular flexibility index (Phi) is 3.83. The summed E-state index contributed by atoms with van der Waals surface area (Å²) in [5.41, 5.74) is 0.859. The SMILES string of the molecule is Cc1ccc(-n2cc(C)s/c2=N\C(=O)N2CCCC2)nn1. The molecule has 0 atom stereocenters. The Morgan fingerprint density at radius 1 is 1.24 bits per heavy atom. The number of hydrogen-bond donors (Lipinski definition) is 0. The van der Waals surface area contributed by atoms with Gasteiger partial charge < -0.3 is 4.90 Å². The molecule has 0 N–H and O–H groups in total. The molecule has 7 heteroatoms. The zero-order valence-electron chi connectivity index (χ0n) is 12.1. The van der Waals surface area contributed by atoms with E-state index in [0.29, 0.717) is 10.6 Å². The van der Waals surface area contributed by atoms with Gasteiger partial charge in [-0.25, -0.2) is 4.79 Å². The maximum Gasteiger partial charge on any atom is 0.346 e. The molecule has 0 unspecified atom stereocenters. The molecule has 3 heterocycles. The fourth-order valence-corrected chi connectivity index (χ4v) is 3.09. The van der Waals surface area contributed by atoms with Crippen molar-refractivity contribution in [3.63, 3.8) is 0 Å². The lowest BCUT2D eigenvalue weighted by atomic mass is 10.4. The summed E-state index contributed by atoms with van der Waals surface area (Å²) in [5.74, 6) is 0.679. The molecule has 1 aliphatic heterocycles. The second kappa shape index (κ2) is 5.77. The van der Waals surface area contributed by atoms with Crippen molar-refractivity contribution < 1.29 is 4.79 Å². The van der Waals surface area contributed by atoms with E-state index in [1.165, 1.54) is 11.3 Å². The highest BCUT2D eigenvalue weighted by Crippen LogP contribution is 2.10. The lowest BCUT2D eigenvalue weighted by Crippen LogP contribution is -2.27. The lowest BCUT2D eigenvalue weighted by molar-refractivity contribution is 0.218. The van der Waals surface area contributed by atoms with Gasteiger partial charge in [-0.1, -0.05) is 0 Å². The number of likely N-dealkylation sites (tertiary alicyclic amines) is 1. The van der Waals surface area contributed by atoms with Crippen LogP contribution in [0.4, 0.5) is 4.79 Å². The van der Waals surface area contributed by atoms with Crippen molar-refractivity contribution in [1.29, 1.82) is 0 Å². The Bertz CT molecular complexity index is 710. The van der Waals surface area contributed by atoms with Gasteiger partial charge in [-0.3, -0.25) is 4.57 Å². The minimum absolute atomic E-state index is 0.164. The van der Waals surface area contributed by atoms with E-state index in [2.05, 4.69) is 15.2 Å². The maximum absolute atomic E-state index is 12.2. The molecule has 1 fully saturated rings. The number of amides is 2. The summed E-state index contributed by atoms with van der Waals surface area (Å²) in [5, 5.41) is 8.22. The minimum atomic E-state index is -0.164. The monoisotopic (exact) mass is 303 g/mol. The Hall–Kier alpha value is -2.02. The van der Waals surface area contributed by atoms with E-state index in [1.807, 2.05) is 36.7 Å². The van der Waals surface area contributed by atoms with Gasteiger partial charge in [0.15, 0.2) is 5.82 Å². The maximum atomic E-state index is 12.2. The van der Waals surface area contributed by atoms with E-state index >= 15 is 0 Å². The van der Waals surface area contributed by atoms with Gasteiger partial charge in [0, 0.05) is 24.2 Å². The van der Waals surface area contributed by atoms with Crippen molar-refractivity contribution in [2.45, 2.75) is 26.7 Å². The molecule has 3 rings (SSSR count). The van der Waals surface area contributed by atoms with Crippen LogP contribution < -0.4 is 4.80 Å². The summed E-state index contributed by atoms with van der Waals surface area (Å²) in [6, 6.07) is 3.62. The number of aromatic nitrogens is 3. The van der Waals surface area contributed by atoms with Gasteiger partial charge in [0.05, 0.1) is 5.69 Å². The van der Waals surface area contributed by atoms with Crippen molar-refractivity contribution >= 4 is 17.4 Å². The molecule has 1 saturated heterocycles. The second-order valence-corrected chi connectivity index (χ2v) is 6.33. The van der Waals surface area contributed by atoms with Crippen LogP contribution in [-0.4, -0.2) is 38.8 Å². The topological polar surface area (TPSA) is 63.4 Å². The van der Waals surface area contributed by atoms with Gasteiger partial charge in [-0.2, -0.15) is 10.1 Å². The summed E-state index contributed by atoms with van der Waals surface area (Å²) in [7, 11) is 0. The van der Waals surface area contributed by atoms with Gasteiger partial charge in [0.2, 0.25) is 4.80 Å². The molecule has 2 amide bonds. The second-order valence-electron chi connectivity index (χ2n) is 5.12. The largest absolute Gasteiger partial charge is 0.346 e. The van der Waals surface area contributed by atoms with Crippen LogP contribution >= 0.6 is 11.3 Å². The van der Waals surface area contributed by atoms with Crippen LogP contribution in [-0.2, 0) is 0 Å². The number of aryl methyl sites for hydroxylation is 2. The summed E-state index contributed by atoms with van der Waals surface area (Å²) in [6.45, 7) is 5.48. The smallest absolute Gasteiger partial charge is 0.323 e. The van der Waals surface area contributed by atoms with Crippen molar-refractivity contribution in [1.82, 2.24) is 19.7 Å². The van der Waals surface area contributed by atoms with Crippen LogP contribution in [0, 0.1) is 13.8 Å². The Labute approximate surface area is 126 Å². The van der Waals surface area contributed by atoms with Crippen LogP contribution in [0.25, 0.3) is 5.82 Å². The van der Waals surface area contributed by atoms with Gasteiger partial charge in [-0.15, -0.1) is 16.4 Å². The van der Waals surface area contributed by atoms with Gasteiger partial charge in [0.25, 0.3) is 0 Å². The van der Waals surface area contributed by atoms with Crippen LogP contribution in [0.5, 0.6) is 0 Å². The third-order valence-corrected chi connectivity index (χ3v) is 4.27. The first-order chi connectivity index (χ1) is 10.1. The molecule has 110 valence electrons. The zero-order valence-corrected chi connectivity index (χ0v) is 12.9. The normalized spacial score (nSPS) is 15.7. The molecule has 1 aliphatic rings. The van der Waals surface area contributed by atoms with E-state index < -0.39 is 0 Å². The van der Waals surface area contributed by atoms with E-state index in [-0.39, 0.29) is 6.03 Å². The van der Waals surface area contributed by atoms with Gasteiger partial charge in [-0.05, 0) is 38.8 Å². The molecular weight excluding hydrogens is 286 g/mol. The molecule has 0 aromatic carbocycles. The van der Waals surface area contributed by atoms with Crippen molar-refractivity contribution in [2.24, 2.45) is 4.99 Å².